The second-order valence-electron chi connectivity index (χ2n) is 7.39. The first-order valence-electron chi connectivity index (χ1n) is 9.86. The highest BCUT2D eigenvalue weighted by Crippen LogP contribution is 2.45. The van der Waals surface area contributed by atoms with Gasteiger partial charge >= 0.3 is 6.01 Å². The minimum atomic E-state index is -0.348. The van der Waals surface area contributed by atoms with E-state index in [9.17, 15) is 4.39 Å². The Labute approximate surface area is 188 Å². The van der Waals surface area contributed by atoms with E-state index in [1.165, 1.54) is 12.1 Å². The Bertz CT molecular complexity index is 1360. The number of hydrogen-bond donors (Lipinski definition) is 2. The third-order valence-corrected chi connectivity index (χ3v) is 5.64. The van der Waals surface area contributed by atoms with E-state index in [-0.39, 0.29) is 11.8 Å². The van der Waals surface area contributed by atoms with E-state index in [2.05, 4.69) is 25.3 Å². The van der Waals surface area contributed by atoms with Gasteiger partial charge in [0.1, 0.15) is 11.6 Å². The molecule has 5 rings (SSSR count). The molecule has 4 aromatic rings. The van der Waals surface area contributed by atoms with E-state index < -0.39 is 0 Å². The van der Waals surface area contributed by atoms with Crippen LogP contribution in [0.25, 0.3) is 22.4 Å². The minimum absolute atomic E-state index is 0.138. The molecule has 0 aliphatic heterocycles. The SMILES string of the molecule is CNc1cc(F)cc2c1Cc1nc(Oc3cnc(C)nc3)nc(-c3ccc(Cl)c(N)c3)c1-2. The summed E-state index contributed by atoms with van der Waals surface area (Å²) in [6.07, 6.45) is 3.62. The zero-order valence-electron chi connectivity index (χ0n) is 17.3. The molecule has 0 amide bonds. The number of anilines is 2. The first-order valence-corrected chi connectivity index (χ1v) is 10.2. The van der Waals surface area contributed by atoms with Gasteiger partial charge in [0, 0.05) is 30.3 Å². The Morgan fingerprint density at radius 1 is 1.12 bits per heavy atom. The summed E-state index contributed by atoms with van der Waals surface area (Å²) in [5, 5.41) is 3.51. The van der Waals surface area contributed by atoms with Crippen LogP contribution in [0.1, 0.15) is 17.1 Å². The topological polar surface area (TPSA) is 98.8 Å². The van der Waals surface area contributed by atoms with Gasteiger partial charge in [-0.2, -0.15) is 9.97 Å². The molecule has 32 heavy (non-hydrogen) atoms. The van der Waals surface area contributed by atoms with Gasteiger partial charge in [0.2, 0.25) is 0 Å². The third kappa shape index (κ3) is 3.48. The molecule has 0 bridgehead atoms. The van der Waals surface area contributed by atoms with Crippen molar-refractivity contribution in [3.63, 3.8) is 0 Å². The lowest BCUT2D eigenvalue weighted by atomic mass is 9.99. The van der Waals surface area contributed by atoms with Crippen LogP contribution in [0.2, 0.25) is 5.02 Å². The van der Waals surface area contributed by atoms with Crippen LogP contribution in [0.4, 0.5) is 15.8 Å². The average molecular weight is 449 g/mol. The third-order valence-electron chi connectivity index (χ3n) is 5.30. The number of halogens is 2. The van der Waals surface area contributed by atoms with Crippen molar-refractivity contribution in [1.82, 2.24) is 19.9 Å². The monoisotopic (exact) mass is 448 g/mol. The zero-order chi connectivity index (χ0) is 22.4. The number of hydrogen-bond acceptors (Lipinski definition) is 7. The molecule has 2 aromatic carbocycles. The summed E-state index contributed by atoms with van der Waals surface area (Å²) in [6.45, 7) is 1.79. The standard InChI is InChI=1S/C23H18ClFN6O/c1-11-28-9-14(10-29-11)32-23-30-20-8-15-16(6-13(25)7-19(15)27-2)21(20)22(31-23)12-3-4-17(24)18(26)5-12/h3-7,9-10,27H,8,26H2,1-2H3. The molecule has 0 saturated heterocycles. The second kappa shape index (κ2) is 7.72. The van der Waals surface area contributed by atoms with Crippen molar-refractivity contribution in [1.29, 1.82) is 0 Å². The molecule has 1 aliphatic carbocycles. The zero-order valence-corrected chi connectivity index (χ0v) is 18.0. The van der Waals surface area contributed by atoms with Gasteiger partial charge in [-0.3, -0.25) is 0 Å². The van der Waals surface area contributed by atoms with Crippen molar-refractivity contribution in [2.24, 2.45) is 0 Å². The predicted molar refractivity (Wildman–Crippen MR) is 121 cm³/mol. The smallest absolute Gasteiger partial charge is 0.322 e. The number of nitrogens with one attached hydrogen (secondary N) is 1. The van der Waals surface area contributed by atoms with Crippen LogP contribution < -0.4 is 15.8 Å². The highest BCUT2D eigenvalue weighted by Gasteiger charge is 2.29. The molecule has 0 spiro atoms. The van der Waals surface area contributed by atoms with Crippen LogP contribution in [-0.2, 0) is 6.42 Å². The fourth-order valence-electron chi connectivity index (χ4n) is 3.82. The highest BCUT2D eigenvalue weighted by atomic mass is 35.5. The number of fused-ring (bicyclic) bond motifs is 3. The van der Waals surface area contributed by atoms with Crippen LogP contribution in [-0.4, -0.2) is 27.0 Å². The highest BCUT2D eigenvalue weighted by molar-refractivity contribution is 6.33. The molecule has 9 heteroatoms. The summed E-state index contributed by atoms with van der Waals surface area (Å²) in [7, 11) is 1.76. The van der Waals surface area contributed by atoms with E-state index in [1.807, 2.05) is 6.07 Å². The van der Waals surface area contributed by atoms with Gasteiger partial charge in [0.15, 0.2) is 5.75 Å². The molecule has 0 unspecified atom stereocenters. The number of nitrogens with two attached hydrogens (primary N) is 1. The van der Waals surface area contributed by atoms with Crippen molar-refractivity contribution in [3.8, 4) is 34.1 Å². The van der Waals surface area contributed by atoms with Crippen molar-refractivity contribution in [2.45, 2.75) is 13.3 Å². The Balaban J connectivity index is 1.71. The van der Waals surface area contributed by atoms with Crippen molar-refractivity contribution < 1.29 is 9.13 Å². The van der Waals surface area contributed by atoms with Crippen LogP contribution >= 0.6 is 11.6 Å². The van der Waals surface area contributed by atoms with E-state index in [0.29, 0.717) is 40.1 Å². The lowest BCUT2D eigenvalue weighted by Gasteiger charge is -2.13. The lowest BCUT2D eigenvalue weighted by molar-refractivity contribution is 0.436. The molecule has 0 fully saturated rings. The van der Waals surface area contributed by atoms with E-state index in [1.54, 1.807) is 38.5 Å². The van der Waals surface area contributed by atoms with Gasteiger partial charge in [0.25, 0.3) is 0 Å². The summed E-state index contributed by atoms with van der Waals surface area (Å²) < 4.78 is 20.3. The molecular weight excluding hydrogens is 431 g/mol. The fraction of sp³-hybridized carbons (Fsp3) is 0.130. The Morgan fingerprint density at radius 3 is 2.62 bits per heavy atom. The number of aryl methyl sites for hydroxylation is 1. The van der Waals surface area contributed by atoms with E-state index >= 15 is 0 Å². The van der Waals surface area contributed by atoms with Crippen LogP contribution in [0.5, 0.6) is 11.8 Å². The molecule has 0 radical (unpaired) electrons. The Morgan fingerprint density at radius 2 is 1.91 bits per heavy atom. The predicted octanol–water partition coefficient (Wildman–Crippen LogP) is 5.02. The molecule has 1 aliphatic rings. The van der Waals surface area contributed by atoms with Crippen LogP contribution in [0.15, 0.2) is 42.7 Å². The number of nitrogens with zero attached hydrogens (tertiary/aromatic N) is 4. The fourth-order valence-corrected chi connectivity index (χ4v) is 3.94. The molecule has 7 nitrogen and oxygen atoms in total. The molecule has 2 heterocycles. The molecule has 0 saturated carbocycles. The van der Waals surface area contributed by atoms with Crippen LogP contribution in [0, 0.1) is 12.7 Å². The summed E-state index contributed by atoms with van der Waals surface area (Å²) in [4.78, 5) is 17.6. The molecule has 2 aromatic heterocycles. The van der Waals surface area contributed by atoms with E-state index in [4.69, 9.17) is 22.1 Å². The minimum Gasteiger partial charge on any atom is -0.421 e. The largest absolute Gasteiger partial charge is 0.421 e. The second-order valence-corrected chi connectivity index (χ2v) is 7.79. The van der Waals surface area contributed by atoms with E-state index in [0.717, 1.165) is 27.9 Å². The van der Waals surface area contributed by atoms with Crippen LogP contribution in [0.3, 0.4) is 0 Å². The van der Waals surface area contributed by atoms with Gasteiger partial charge < -0.3 is 15.8 Å². The Kier molecular flexibility index (Phi) is 4.86. The number of rotatable bonds is 4. The number of nitrogen functional groups attached to an aromatic ring is 1. The summed E-state index contributed by atoms with van der Waals surface area (Å²) in [6, 6.07) is 8.37. The average Bonchev–Trinajstić information content (AvgIpc) is 3.14. The van der Waals surface area contributed by atoms with Crippen molar-refractivity contribution in [2.75, 3.05) is 18.1 Å². The van der Waals surface area contributed by atoms with Gasteiger partial charge in [-0.05, 0) is 42.3 Å². The number of aromatic nitrogens is 4. The Hall–Kier alpha value is -3.78. The number of benzene rings is 2. The molecule has 0 atom stereocenters. The van der Waals surface area contributed by atoms with Crippen molar-refractivity contribution >= 4 is 23.0 Å². The van der Waals surface area contributed by atoms with Gasteiger partial charge in [0.05, 0.1) is 34.5 Å². The summed E-state index contributed by atoms with van der Waals surface area (Å²) >= 11 is 6.12. The maximum atomic E-state index is 14.4. The molecular formula is C23H18ClFN6O. The first kappa shape index (κ1) is 20.1. The normalized spacial score (nSPS) is 11.8. The van der Waals surface area contributed by atoms with Crippen molar-refractivity contribution in [3.05, 3.63) is 70.6 Å². The first-order chi connectivity index (χ1) is 15.4. The molecule has 160 valence electrons. The van der Waals surface area contributed by atoms with Gasteiger partial charge in [-0.15, -0.1) is 0 Å². The lowest BCUT2D eigenvalue weighted by Crippen LogP contribution is -2.01. The summed E-state index contributed by atoms with van der Waals surface area (Å²) in [5.74, 6) is 0.691. The quantitative estimate of drug-likeness (QED) is 0.372. The van der Waals surface area contributed by atoms with Gasteiger partial charge in [-0.1, -0.05) is 17.7 Å². The maximum Gasteiger partial charge on any atom is 0.322 e. The molecule has 3 N–H and O–H groups in total. The maximum absolute atomic E-state index is 14.4. The number of ether oxygens (including phenoxy) is 1. The van der Waals surface area contributed by atoms with Gasteiger partial charge in [-0.25, -0.2) is 14.4 Å². The summed E-state index contributed by atoms with van der Waals surface area (Å²) in [5.41, 5.74) is 11.6.